The number of ether oxygens (including phenoxy) is 2. The number of carbonyl (C=O) groups excluding carboxylic acids is 2. The lowest BCUT2D eigenvalue weighted by molar-refractivity contribution is -0.147. The van der Waals surface area contributed by atoms with E-state index < -0.39 is 18.5 Å². The summed E-state index contributed by atoms with van der Waals surface area (Å²) in [6.07, 6.45) is 2.40. The fourth-order valence-electron chi connectivity index (χ4n) is 1.66. The van der Waals surface area contributed by atoms with E-state index in [2.05, 4.69) is 10.1 Å². The molecule has 0 atom stereocenters. The van der Waals surface area contributed by atoms with Crippen LogP contribution in [0.1, 0.15) is 25.8 Å². The van der Waals surface area contributed by atoms with Gasteiger partial charge < -0.3 is 14.8 Å². The van der Waals surface area contributed by atoms with Gasteiger partial charge in [0.05, 0.1) is 12.5 Å². The number of esters is 1. The van der Waals surface area contributed by atoms with E-state index in [0.29, 0.717) is 5.56 Å². The molecule has 1 N–H and O–H groups in total. The molecule has 23 heavy (non-hydrogen) atoms. The van der Waals surface area contributed by atoms with Crippen LogP contribution in [-0.4, -0.2) is 31.1 Å². The molecule has 0 radical (unpaired) electrons. The number of alkyl halides is 2. The van der Waals surface area contributed by atoms with Gasteiger partial charge >= 0.3 is 12.6 Å². The van der Waals surface area contributed by atoms with Gasteiger partial charge in [0.1, 0.15) is 5.75 Å². The van der Waals surface area contributed by atoms with Crippen LogP contribution in [0.2, 0.25) is 0 Å². The molecule has 1 aromatic carbocycles. The Balaban J connectivity index is 2.48. The number of benzene rings is 1. The Morgan fingerprint density at radius 3 is 2.61 bits per heavy atom. The number of amides is 1. The maximum atomic E-state index is 12.3. The monoisotopic (exact) mass is 327 g/mol. The van der Waals surface area contributed by atoms with Gasteiger partial charge in [0, 0.05) is 18.2 Å². The van der Waals surface area contributed by atoms with E-state index in [4.69, 9.17) is 4.74 Å². The smallest absolute Gasteiger partial charge is 0.387 e. The fraction of sp³-hybridized carbons (Fsp3) is 0.375. The van der Waals surface area contributed by atoms with Crippen molar-refractivity contribution in [1.82, 2.24) is 5.32 Å². The van der Waals surface area contributed by atoms with E-state index in [1.807, 2.05) is 0 Å². The second-order valence-corrected chi connectivity index (χ2v) is 4.83. The predicted molar refractivity (Wildman–Crippen MR) is 81.0 cm³/mol. The molecular formula is C16H19F2NO4. The number of carbonyl (C=O) groups is 2. The Labute approximate surface area is 133 Å². The van der Waals surface area contributed by atoms with Gasteiger partial charge in [0.2, 0.25) is 5.91 Å². The number of hydrogen-bond acceptors (Lipinski definition) is 4. The van der Waals surface area contributed by atoms with Crippen molar-refractivity contribution in [2.24, 2.45) is 0 Å². The lowest BCUT2D eigenvalue weighted by Gasteiger charge is -2.08. The topological polar surface area (TPSA) is 64.6 Å². The summed E-state index contributed by atoms with van der Waals surface area (Å²) in [6.45, 7) is 0.658. The zero-order chi connectivity index (χ0) is 17.2. The fourth-order valence-corrected chi connectivity index (χ4v) is 1.66. The summed E-state index contributed by atoms with van der Waals surface area (Å²) in [5.74, 6) is -0.874. The summed E-state index contributed by atoms with van der Waals surface area (Å²) < 4.78 is 33.8. The standard InChI is InChI=1S/C16H19F2NO4/c1-11(2)22-15(21)9-10-19-14(20)8-7-12-5-3-4-6-13(12)23-16(17)18/h3-8,11,16H,9-10H2,1-2H3,(H,19,20)/b8-7+. The minimum atomic E-state index is -2.94. The molecule has 0 unspecified atom stereocenters. The molecule has 1 rings (SSSR count). The second-order valence-electron chi connectivity index (χ2n) is 4.83. The van der Waals surface area contributed by atoms with Gasteiger partial charge in [0.25, 0.3) is 0 Å². The third kappa shape index (κ3) is 7.94. The van der Waals surface area contributed by atoms with Crippen molar-refractivity contribution in [2.75, 3.05) is 6.54 Å². The van der Waals surface area contributed by atoms with Crippen molar-refractivity contribution < 1.29 is 27.8 Å². The van der Waals surface area contributed by atoms with Gasteiger partial charge in [-0.1, -0.05) is 18.2 Å². The van der Waals surface area contributed by atoms with Crippen LogP contribution in [-0.2, 0) is 14.3 Å². The molecule has 7 heteroatoms. The highest BCUT2D eigenvalue weighted by Crippen LogP contribution is 2.21. The van der Waals surface area contributed by atoms with Crippen LogP contribution < -0.4 is 10.1 Å². The molecule has 1 aromatic rings. The number of rotatable bonds is 8. The molecule has 0 aliphatic heterocycles. The van der Waals surface area contributed by atoms with Gasteiger partial charge in [0.15, 0.2) is 0 Å². The first-order chi connectivity index (χ1) is 10.9. The Kier molecular flexibility index (Phi) is 7.73. The van der Waals surface area contributed by atoms with Crippen LogP contribution in [0.3, 0.4) is 0 Å². The second kappa shape index (κ2) is 9.55. The van der Waals surface area contributed by atoms with E-state index in [0.717, 1.165) is 0 Å². The van der Waals surface area contributed by atoms with Crippen molar-refractivity contribution in [2.45, 2.75) is 33.0 Å². The van der Waals surface area contributed by atoms with Crippen molar-refractivity contribution in [3.8, 4) is 5.75 Å². The molecule has 0 fully saturated rings. The average molecular weight is 327 g/mol. The van der Waals surface area contributed by atoms with E-state index >= 15 is 0 Å². The van der Waals surface area contributed by atoms with E-state index in [-0.39, 0.29) is 24.8 Å². The highest BCUT2D eigenvalue weighted by Gasteiger charge is 2.08. The predicted octanol–water partition coefficient (Wildman–Crippen LogP) is 2.76. The quantitative estimate of drug-likeness (QED) is 0.589. The maximum Gasteiger partial charge on any atom is 0.387 e. The van der Waals surface area contributed by atoms with Gasteiger partial charge in [-0.25, -0.2) is 0 Å². The molecule has 0 saturated carbocycles. The number of halogens is 2. The van der Waals surface area contributed by atoms with E-state index in [1.54, 1.807) is 32.0 Å². The summed E-state index contributed by atoms with van der Waals surface area (Å²) in [5.41, 5.74) is 0.349. The molecule has 126 valence electrons. The number of para-hydroxylation sites is 1. The van der Waals surface area contributed by atoms with Gasteiger partial charge in [-0.2, -0.15) is 8.78 Å². The SMILES string of the molecule is CC(C)OC(=O)CCNC(=O)/C=C/c1ccccc1OC(F)F. The lowest BCUT2D eigenvalue weighted by Crippen LogP contribution is -2.25. The first-order valence-corrected chi connectivity index (χ1v) is 7.07. The summed E-state index contributed by atoms with van der Waals surface area (Å²) in [4.78, 5) is 22.9. The number of hydrogen-bond donors (Lipinski definition) is 1. The molecule has 5 nitrogen and oxygen atoms in total. The summed E-state index contributed by atoms with van der Waals surface area (Å²) in [6, 6.07) is 6.11. The maximum absolute atomic E-state index is 12.3. The molecule has 0 bridgehead atoms. The van der Waals surface area contributed by atoms with Crippen molar-refractivity contribution >= 4 is 18.0 Å². The Morgan fingerprint density at radius 1 is 1.26 bits per heavy atom. The molecule has 1 amide bonds. The van der Waals surface area contributed by atoms with Crippen molar-refractivity contribution in [3.63, 3.8) is 0 Å². The van der Waals surface area contributed by atoms with Crippen LogP contribution >= 0.6 is 0 Å². The van der Waals surface area contributed by atoms with Gasteiger partial charge in [-0.05, 0) is 26.0 Å². The van der Waals surface area contributed by atoms with E-state index in [1.165, 1.54) is 18.2 Å². The van der Waals surface area contributed by atoms with Crippen LogP contribution in [0.4, 0.5) is 8.78 Å². The van der Waals surface area contributed by atoms with Crippen LogP contribution in [0, 0.1) is 0 Å². The van der Waals surface area contributed by atoms with E-state index in [9.17, 15) is 18.4 Å². The minimum Gasteiger partial charge on any atom is -0.463 e. The van der Waals surface area contributed by atoms with Crippen LogP contribution in [0.15, 0.2) is 30.3 Å². The Hall–Kier alpha value is -2.44. The first kappa shape index (κ1) is 18.6. The summed E-state index contributed by atoms with van der Waals surface area (Å²) in [7, 11) is 0. The molecule has 0 saturated heterocycles. The van der Waals surface area contributed by atoms with Crippen LogP contribution in [0.5, 0.6) is 5.75 Å². The highest BCUT2D eigenvalue weighted by molar-refractivity contribution is 5.92. The first-order valence-electron chi connectivity index (χ1n) is 7.07. The summed E-state index contributed by atoms with van der Waals surface area (Å²) >= 11 is 0. The minimum absolute atomic E-state index is 0.0212. The molecule has 0 aliphatic carbocycles. The summed E-state index contributed by atoms with van der Waals surface area (Å²) in [5, 5.41) is 2.50. The third-order valence-corrected chi connectivity index (χ3v) is 2.54. The molecular weight excluding hydrogens is 308 g/mol. The lowest BCUT2D eigenvalue weighted by atomic mass is 10.2. The third-order valence-electron chi connectivity index (χ3n) is 2.54. The zero-order valence-electron chi connectivity index (χ0n) is 12.9. The molecule has 0 spiro atoms. The Bertz CT molecular complexity index is 559. The Morgan fingerprint density at radius 2 is 1.96 bits per heavy atom. The molecule has 0 aliphatic rings. The zero-order valence-corrected chi connectivity index (χ0v) is 12.9. The molecule has 0 aromatic heterocycles. The highest BCUT2D eigenvalue weighted by atomic mass is 19.3. The normalized spacial score (nSPS) is 11.0. The van der Waals surface area contributed by atoms with Crippen LogP contribution in [0.25, 0.3) is 6.08 Å². The largest absolute Gasteiger partial charge is 0.463 e. The average Bonchev–Trinajstić information content (AvgIpc) is 2.45. The van der Waals surface area contributed by atoms with Gasteiger partial charge in [-0.15, -0.1) is 0 Å². The van der Waals surface area contributed by atoms with Crippen molar-refractivity contribution in [3.05, 3.63) is 35.9 Å². The van der Waals surface area contributed by atoms with Gasteiger partial charge in [-0.3, -0.25) is 9.59 Å². The molecule has 0 heterocycles. The number of nitrogens with one attached hydrogen (secondary N) is 1. The van der Waals surface area contributed by atoms with Crippen molar-refractivity contribution in [1.29, 1.82) is 0 Å².